The lowest BCUT2D eigenvalue weighted by molar-refractivity contribution is 0.457. The van der Waals surface area contributed by atoms with E-state index in [9.17, 15) is 18.0 Å². The van der Waals surface area contributed by atoms with Crippen molar-refractivity contribution in [2.75, 3.05) is 18.0 Å². The van der Waals surface area contributed by atoms with Gasteiger partial charge in [-0.05, 0) is 61.8 Å². The van der Waals surface area contributed by atoms with Crippen molar-refractivity contribution in [2.24, 2.45) is 14.1 Å². The molecule has 0 unspecified atom stereocenters. The molecule has 0 atom stereocenters. The maximum atomic E-state index is 12.9. The first-order chi connectivity index (χ1) is 14.3. The summed E-state index contributed by atoms with van der Waals surface area (Å²) in [7, 11) is -0.501. The highest BCUT2D eigenvalue weighted by molar-refractivity contribution is 7.89. The Balaban J connectivity index is 1.45. The highest BCUT2D eigenvalue weighted by Crippen LogP contribution is 2.25. The molecule has 0 spiro atoms. The van der Waals surface area contributed by atoms with Crippen molar-refractivity contribution in [3.63, 3.8) is 0 Å². The van der Waals surface area contributed by atoms with Gasteiger partial charge in [-0.25, -0.2) is 17.9 Å². The number of anilines is 1. The van der Waals surface area contributed by atoms with Gasteiger partial charge in [0.05, 0.1) is 4.90 Å². The number of aryl methyl sites for hydroxylation is 3. The third kappa shape index (κ3) is 3.96. The average molecular weight is 433 g/mol. The Morgan fingerprint density at radius 2 is 1.67 bits per heavy atom. The molecule has 2 heterocycles. The van der Waals surface area contributed by atoms with Gasteiger partial charge in [0.2, 0.25) is 10.0 Å². The Morgan fingerprint density at radius 1 is 1.00 bits per heavy atom. The third-order valence-corrected chi connectivity index (χ3v) is 7.73. The molecule has 8 nitrogen and oxygen atoms in total. The number of sulfonamides is 1. The summed E-state index contributed by atoms with van der Waals surface area (Å²) in [5.74, 6) is 0. The van der Waals surface area contributed by atoms with E-state index in [1.54, 1.807) is 19.3 Å². The Hall–Kier alpha value is -2.39. The van der Waals surface area contributed by atoms with Crippen LogP contribution < -0.4 is 20.9 Å². The van der Waals surface area contributed by atoms with Gasteiger partial charge in [0.15, 0.2) is 0 Å². The van der Waals surface area contributed by atoms with Crippen molar-refractivity contribution in [3.05, 3.63) is 56.4 Å². The van der Waals surface area contributed by atoms with E-state index in [0.29, 0.717) is 36.5 Å². The predicted octanol–water partition coefficient (Wildman–Crippen LogP) is 0.910. The van der Waals surface area contributed by atoms with E-state index >= 15 is 0 Å². The summed E-state index contributed by atoms with van der Waals surface area (Å²) in [6.45, 7) is 1.09. The minimum absolute atomic E-state index is 0.182. The second-order valence-electron chi connectivity index (χ2n) is 8.29. The van der Waals surface area contributed by atoms with Crippen LogP contribution in [0.2, 0.25) is 0 Å². The van der Waals surface area contributed by atoms with E-state index < -0.39 is 10.0 Å². The highest BCUT2D eigenvalue weighted by Gasteiger charge is 2.27. The first kappa shape index (κ1) is 20.9. The largest absolute Gasteiger partial charge is 0.366 e. The zero-order valence-electron chi connectivity index (χ0n) is 17.4. The standard InChI is InChI=1S/C21H28N4O4S/c1-23-14-19(20(26)24(2)21(23)27)25-11-9-17(10-12-25)22-30(28,29)18-8-7-15-5-3-4-6-16(15)13-18/h7-8,13-14,17,22H,3-6,9-12H2,1-2H3. The summed E-state index contributed by atoms with van der Waals surface area (Å²) in [5, 5.41) is 0. The van der Waals surface area contributed by atoms with E-state index in [1.165, 1.54) is 17.2 Å². The molecule has 4 rings (SSSR count). The monoisotopic (exact) mass is 432 g/mol. The van der Waals surface area contributed by atoms with Gasteiger partial charge in [0, 0.05) is 39.4 Å². The van der Waals surface area contributed by atoms with Crippen molar-refractivity contribution in [2.45, 2.75) is 49.5 Å². The van der Waals surface area contributed by atoms with Crippen molar-refractivity contribution in [1.29, 1.82) is 0 Å². The summed E-state index contributed by atoms with van der Waals surface area (Å²) in [4.78, 5) is 26.6. The number of rotatable bonds is 4. The molecule has 9 heteroatoms. The van der Waals surface area contributed by atoms with E-state index in [1.807, 2.05) is 17.0 Å². The second-order valence-corrected chi connectivity index (χ2v) is 10.0. The molecule has 1 aliphatic carbocycles. The van der Waals surface area contributed by atoms with E-state index in [-0.39, 0.29) is 17.3 Å². The first-order valence-corrected chi connectivity index (χ1v) is 11.9. The number of hydrogen-bond donors (Lipinski definition) is 1. The quantitative estimate of drug-likeness (QED) is 0.775. The molecule has 0 radical (unpaired) electrons. The Morgan fingerprint density at radius 3 is 2.37 bits per heavy atom. The first-order valence-electron chi connectivity index (χ1n) is 10.4. The average Bonchev–Trinajstić information content (AvgIpc) is 2.75. The molecular weight excluding hydrogens is 404 g/mol. The molecule has 1 aromatic heterocycles. The Kier molecular flexibility index (Phi) is 5.59. The van der Waals surface area contributed by atoms with Crippen LogP contribution in [0.3, 0.4) is 0 Å². The lowest BCUT2D eigenvalue weighted by Crippen LogP contribution is -2.47. The molecule has 0 amide bonds. The van der Waals surface area contributed by atoms with Gasteiger partial charge in [-0.3, -0.25) is 9.36 Å². The van der Waals surface area contributed by atoms with Crippen LogP contribution in [0.4, 0.5) is 5.69 Å². The molecule has 1 aromatic carbocycles. The van der Waals surface area contributed by atoms with Crippen LogP contribution in [0, 0.1) is 0 Å². The van der Waals surface area contributed by atoms with Crippen molar-refractivity contribution in [3.8, 4) is 0 Å². The van der Waals surface area contributed by atoms with Gasteiger partial charge in [0.1, 0.15) is 5.69 Å². The van der Waals surface area contributed by atoms with Crippen LogP contribution in [0.5, 0.6) is 0 Å². The van der Waals surface area contributed by atoms with Crippen LogP contribution in [0.25, 0.3) is 0 Å². The zero-order chi connectivity index (χ0) is 21.5. The van der Waals surface area contributed by atoms with Gasteiger partial charge in [-0.15, -0.1) is 0 Å². The molecule has 0 bridgehead atoms. The summed E-state index contributed by atoms with van der Waals surface area (Å²) in [6, 6.07) is 5.29. The lowest BCUT2D eigenvalue weighted by Gasteiger charge is -2.33. The van der Waals surface area contributed by atoms with Crippen LogP contribution in [-0.2, 0) is 37.0 Å². The number of fused-ring (bicyclic) bond motifs is 1. The lowest BCUT2D eigenvalue weighted by atomic mass is 9.92. The summed E-state index contributed by atoms with van der Waals surface area (Å²) >= 11 is 0. The number of nitrogens with one attached hydrogen (secondary N) is 1. The molecule has 2 aliphatic rings. The highest BCUT2D eigenvalue weighted by atomic mass is 32.2. The van der Waals surface area contributed by atoms with Gasteiger partial charge >= 0.3 is 5.69 Å². The Bertz CT molecular complexity index is 1170. The molecule has 1 N–H and O–H groups in total. The summed E-state index contributed by atoms with van der Waals surface area (Å²) in [5.41, 5.74) is 2.18. The van der Waals surface area contributed by atoms with Crippen LogP contribution in [-0.4, -0.2) is 36.7 Å². The maximum absolute atomic E-state index is 12.9. The molecule has 1 fully saturated rings. The molecular formula is C21H28N4O4S. The van der Waals surface area contributed by atoms with E-state index in [2.05, 4.69) is 4.72 Å². The fourth-order valence-corrected chi connectivity index (χ4v) is 5.76. The zero-order valence-corrected chi connectivity index (χ0v) is 18.2. The molecule has 2 aromatic rings. The van der Waals surface area contributed by atoms with Gasteiger partial charge < -0.3 is 9.47 Å². The molecule has 0 saturated carbocycles. The minimum Gasteiger partial charge on any atom is -0.366 e. The van der Waals surface area contributed by atoms with Crippen molar-refractivity contribution >= 4 is 15.7 Å². The van der Waals surface area contributed by atoms with Gasteiger partial charge in [-0.1, -0.05) is 6.07 Å². The van der Waals surface area contributed by atoms with E-state index in [4.69, 9.17) is 0 Å². The molecule has 30 heavy (non-hydrogen) atoms. The SMILES string of the molecule is Cn1cc(N2CCC(NS(=O)(=O)c3ccc4c(c3)CCCC4)CC2)c(=O)n(C)c1=O. The summed E-state index contributed by atoms with van der Waals surface area (Å²) in [6.07, 6.45) is 6.97. The number of benzene rings is 1. The molecule has 162 valence electrons. The van der Waals surface area contributed by atoms with Crippen LogP contribution in [0.15, 0.2) is 38.9 Å². The van der Waals surface area contributed by atoms with Gasteiger partial charge in [-0.2, -0.15) is 0 Å². The maximum Gasteiger partial charge on any atom is 0.330 e. The van der Waals surface area contributed by atoms with Crippen molar-refractivity contribution in [1.82, 2.24) is 13.9 Å². The minimum atomic E-state index is -3.58. The molecule has 1 aliphatic heterocycles. The topological polar surface area (TPSA) is 93.4 Å². The normalized spacial score (nSPS) is 17.7. The number of hydrogen-bond acceptors (Lipinski definition) is 5. The van der Waals surface area contributed by atoms with Crippen LogP contribution >= 0.6 is 0 Å². The summed E-state index contributed by atoms with van der Waals surface area (Å²) < 4.78 is 31.1. The number of aromatic nitrogens is 2. The van der Waals surface area contributed by atoms with Crippen LogP contribution in [0.1, 0.15) is 36.8 Å². The Labute approximate surface area is 176 Å². The second kappa shape index (κ2) is 8.03. The molecule has 1 saturated heterocycles. The number of piperidine rings is 1. The fourth-order valence-electron chi connectivity index (χ4n) is 4.41. The third-order valence-electron chi connectivity index (χ3n) is 6.22. The van der Waals surface area contributed by atoms with E-state index in [0.717, 1.165) is 35.8 Å². The van der Waals surface area contributed by atoms with Crippen molar-refractivity contribution < 1.29 is 8.42 Å². The number of nitrogens with zero attached hydrogens (tertiary/aromatic N) is 3. The van der Waals surface area contributed by atoms with Gasteiger partial charge in [0.25, 0.3) is 5.56 Å². The fraction of sp³-hybridized carbons (Fsp3) is 0.524. The smallest absolute Gasteiger partial charge is 0.330 e. The predicted molar refractivity (Wildman–Crippen MR) is 116 cm³/mol.